The number of pyridine rings is 1. The van der Waals surface area contributed by atoms with Crippen molar-refractivity contribution in [2.24, 2.45) is 13.0 Å². The Bertz CT molecular complexity index is 1230. The Hall–Kier alpha value is -3.76. The maximum Gasteiger partial charge on any atom is 0.306 e. The van der Waals surface area contributed by atoms with Gasteiger partial charge in [0.2, 0.25) is 0 Å². The molecule has 0 aromatic carbocycles. The molecular weight excluding hydrogens is 462 g/mol. The van der Waals surface area contributed by atoms with Gasteiger partial charge in [0.1, 0.15) is 17.2 Å². The molecule has 0 spiro atoms. The van der Waals surface area contributed by atoms with Gasteiger partial charge in [0.05, 0.1) is 47.9 Å². The molecule has 36 heavy (non-hydrogen) atoms. The number of ether oxygens (including phenoxy) is 2. The Morgan fingerprint density at radius 1 is 1.14 bits per heavy atom. The molecule has 2 aliphatic rings. The van der Waals surface area contributed by atoms with Crippen molar-refractivity contribution in [3.63, 3.8) is 0 Å². The van der Waals surface area contributed by atoms with Gasteiger partial charge in [-0.1, -0.05) is 5.21 Å². The summed E-state index contributed by atoms with van der Waals surface area (Å²) in [4.78, 5) is 16.1. The van der Waals surface area contributed by atoms with Gasteiger partial charge in [0, 0.05) is 13.1 Å². The molecule has 3 heterocycles. The number of aryl methyl sites for hydroxylation is 2. The molecule has 5 rings (SSSR count). The van der Waals surface area contributed by atoms with E-state index in [1.54, 1.807) is 10.9 Å². The fraction of sp³-hybridized carbons (Fsp3) is 0.520. The Morgan fingerprint density at radius 2 is 1.94 bits per heavy atom. The molecule has 0 saturated heterocycles. The second-order valence-electron chi connectivity index (χ2n) is 9.53. The molecular formula is C25H31N7O4. The maximum atomic E-state index is 11.4. The van der Waals surface area contributed by atoms with Crippen LogP contribution in [-0.2, 0) is 18.4 Å². The number of hydrogen-bond donors (Lipinski definition) is 2. The highest BCUT2D eigenvalue weighted by atomic mass is 16.5. The second-order valence-corrected chi connectivity index (χ2v) is 9.53. The first-order valence-electron chi connectivity index (χ1n) is 12.5. The molecule has 2 aliphatic carbocycles. The van der Waals surface area contributed by atoms with E-state index in [1.807, 2.05) is 32.2 Å². The van der Waals surface area contributed by atoms with Crippen molar-refractivity contribution >= 4 is 11.8 Å². The average Bonchev–Trinajstić information content (AvgIpc) is 3.22. The molecule has 3 aromatic rings. The van der Waals surface area contributed by atoms with Crippen LogP contribution in [0.1, 0.15) is 56.3 Å². The maximum absolute atomic E-state index is 11.4. The molecule has 0 amide bonds. The van der Waals surface area contributed by atoms with E-state index in [0.29, 0.717) is 48.1 Å². The lowest BCUT2D eigenvalue weighted by Crippen LogP contribution is -2.29. The number of carboxylic acid groups (broad SMARTS) is 1. The van der Waals surface area contributed by atoms with Crippen LogP contribution in [0.4, 0.5) is 5.82 Å². The first-order chi connectivity index (χ1) is 17.5. The highest BCUT2D eigenvalue weighted by Gasteiger charge is 2.28. The van der Waals surface area contributed by atoms with Gasteiger partial charge in [0.25, 0.3) is 0 Å². The van der Waals surface area contributed by atoms with Gasteiger partial charge in [-0.05, 0) is 64.0 Å². The molecule has 11 nitrogen and oxygen atoms in total. The summed E-state index contributed by atoms with van der Waals surface area (Å²) in [5.74, 6) is 0.888. The molecule has 11 heteroatoms. The van der Waals surface area contributed by atoms with E-state index in [2.05, 4.69) is 25.8 Å². The van der Waals surface area contributed by atoms with E-state index >= 15 is 0 Å². The normalized spacial score (nSPS) is 19.9. The summed E-state index contributed by atoms with van der Waals surface area (Å²) < 4.78 is 13.8. The fourth-order valence-corrected chi connectivity index (χ4v) is 4.59. The molecule has 3 aromatic heterocycles. The topological polar surface area (TPSA) is 137 Å². The van der Waals surface area contributed by atoms with Crippen molar-refractivity contribution in [2.75, 3.05) is 5.32 Å². The third-order valence-corrected chi connectivity index (χ3v) is 6.91. The van der Waals surface area contributed by atoms with Gasteiger partial charge < -0.3 is 19.9 Å². The smallest absolute Gasteiger partial charge is 0.306 e. The Balaban J connectivity index is 1.26. The molecule has 2 N–H and O–H groups in total. The zero-order valence-electron chi connectivity index (χ0n) is 20.6. The summed E-state index contributed by atoms with van der Waals surface area (Å²) in [7, 11) is 1.83. The third kappa shape index (κ3) is 5.39. The van der Waals surface area contributed by atoms with Crippen molar-refractivity contribution in [1.29, 1.82) is 0 Å². The number of aromatic nitrogens is 6. The minimum Gasteiger partial charge on any atom is -0.489 e. The van der Waals surface area contributed by atoms with Crippen LogP contribution in [0.3, 0.4) is 0 Å². The molecule has 0 unspecified atom stereocenters. The van der Waals surface area contributed by atoms with Crippen molar-refractivity contribution in [1.82, 2.24) is 30.2 Å². The van der Waals surface area contributed by atoms with Gasteiger partial charge in [-0.3, -0.25) is 4.79 Å². The van der Waals surface area contributed by atoms with Crippen LogP contribution < -0.4 is 14.8 Å². The minimum absolute atomic E-state index is 0.118. The van der Waals surface area contributed by atoms with Gasteiger partial charge in [-0.15, -0.1) is 10.2 Å². The lowest BCUT2D eigenvalue weighted by atomic mass is 9.87. The fourth-order valence-electron chi connectivity index (χ4n) is 4.59. The van der Waals surface area contributed by atoms with Crippen LogP contribution in [0.15, 0.2) is 24.4 Å². The molecule has 0 aliphatic heterocycles. The highest BCUT2D eigenvalue weighted by molar-refractivity contribution is 5.70. The van der Waals surface area contributed by atoms with Crippen molar-refractivity contribution in [3.8, 4) is 22.9 Å². The summed E-state index contributed by atoms with van der Waals surface area (Å²) in [6.07, 6.45) is 8.07. The predicted octanol–water partition coefficient (Wildman–Crippen LogP) is 3.54. The average molecular weight is 494 g/mol. The molecule has 2 atom stereocenters. The summed E-state index contributed by atoms with van der Waals surface area (Å²) >= 11 is 0. The van der Waals surface area contributed by atoms with Crippen molar-refractivity contribution < 1.29 is 19.4 Å². The van der Waals surface area contributed by atoms with Crippen LogP contribution in [-0.4, -0.2) is 53.5 Å². The van der Waals surface area contributed by atoms with E-state index in [4.69, 9.17) is 14.5 Å². The van der Waals surface area contributed by atoms with Crippen LogP contribution in [0.2, 0.25) is 0 Å². The highest BCUT2D eigenvalue weighted by Crippen LogP contribution is 2.31. The lowest BCUT2D eigenvalue weighted by molar-refractivity contribution is -0.143. The predicted molar refractivity (Wildman–Crippen MR) is 131 cm³/mol. The SMILES string of the molecule is Cc1nc(-c2nnn(C)c2CNc2cc(OC3CCC3)cnn2)ccc1O[C@H]1CCC[C@H](C(=O)O)C1. The van der Waals surface area contributed by atoms with Crippen LogP contribution >= 0.6 is 0 Å². The number of carbonyl (C=O) groups is 1. The zero-order valence-corrected chi connectivity index (χ0v) is 20.6. The van der Waals surface area contributed by atoms with Gasteiger partial charge in [-0.25, -0.2) is 9.67 Å². The number of nitrogens with one attached hydrogen (secondary N) is 1. The molecule has 0 radical (unpaired) electrons. The largest absolute Gasteiger partial charge is 0.489 e. The van der Waals surface area contributed by atoms with E-state index in [0.717, 1.165) is 37.1 Å². The monoisotopic (exact) mass is 493 g/mol. The number of aliphatic carboxylic acids is 1. The van der Waals surface area contributed by atoms with E-state index in [1.165, 1.54) is 6.42 Å². The van der Waals surface area contributed by atoms with Crippen LogP contribution in [0, 0.1) is 12.8 Å². The summed E-state index contributed by atoms with van der Waals surface area (Å²) in [6, 6.07) is 5.59. The first kappa shape index (κ1) is 24.0. The number of carboxylic acids is 1. The number of nitrogens with zero attached hydrogens (tertiary/aromatic N) is 6. The Kier molecular flexibility index (Phi) is 6.97. The van der Waals surface area contributed by atoms with E-state index < -0.39 is 5.97 Å². The van der Waals surface area contributed by atoms with Crippen molar-refractivity contribution in [2.45, 2.75) is 70.6 Å². The Labute approximate surface area is 209 Å². The lowest BCUT2D eigenvalue weighted by Gasteiger charge is -2.27. The number of anilines is 1. The summed E-state index contributed by atoms with van der Waals surface area (Å²) in [5.41, 5.74) is 2.92. The Morgan fingerprint density at radius 3 is 2.69 bits per heavy atom. The van der Waals surface area contributed by atoms with Gasteiger partial charge in [0.15, 0.2) is 5.82 Å². The van der Waals surface area contributed by atoms with Gasteiger partial charge >= 0.3 is 5.97 Å². The molecule has 2 saturated carbocycles. The number of hydrogen-bond acceptors (Lipinski definition) is 9. The summed E-state index contributed by atoms with van der Waals surface area (Å²) in [6.45, 7) is 2.31. The van der Waals surface area contributed by atoms with Crippen LogP contribution in [0.25, 0.3) is 11.4 Å². The third-order valence-electron chi connectivity index (χ3n) is 6.91. The number of rotatable bonds is 9. The quantitative estimate of drug-likeness (QED) is 0.455. The molecule has 2 fully saturated rings. The standard InChI is InChI=1S/C25H31N7O4/c1-15-22(36-18-8-3-5-16(11-18)25(33)34)10-9-20(28-15)24-21(32(2)31-30-24)14-26-23-12-19(13-27-29-23)35-17-6-4-7-17/h9-10,12-13,16-18H,3-8,11,14H2,1-2H3,(H,26,29)(H,33,34)/t16-,18-/m0/s1. The zero-order chi connectivity index (χ0) is 25.1. The van der Waals surface area contributed by atoms with Crippen molar-refractivity contribution in [3.05, 3.63) is 35.8 Å². The first-order valence-corrected chi connectivity index (χ1v) is 12.5. The van der Waals surface area contributed by atoms with Crippen LogP contribution in [0.5, 0.6) is 11.5 Å². The van der Waals surface area contributed by atoms with E-state index in [9.17, 15) is 9.90 Å². The molecule has 190 valence electrons. The van der Waals surface area contributed by atoms with E-state index in [-0.39, 0.29) is 18.1 Å². The van der Waals surface area contributed by atoms with Gasteiger partial charge in [-0.2, -0.15) is 5.10 Å². The summed E-state index contributed by atoms with van der Waals surface area (Å²) in [5, 5.41) is 29.4. The molecule has 0 bridgehead atoms. The second kappa shape index (κ2) is 10.5. The minimum atomic E-state index is -0.749.